The summed E-state index contributed by atoms with van der Waals surface area (Å²) in [4.78, 5) is 15.4. The zero-order chi connectivity index (χ0) is 12.1. The molecule has 6 nitrogen and oxygen atoms in total. The molecule has 1 heterocycles. The first-order valence-corrected chi connectivity index (χ1v) is 5.64. The Morgan fingerprint density at radius 2 is 2.31 bits per heavy atom. The number of aliphatic hydroxyl groups excluding tert-OH is 1. The van der Waals surface area contributed by atoms with Crippen molar-refractivity contribution in [1.29, 1.82) is 0 Å². The number of carbonyl (C=O) groups excluding carboxylic acids is 1. The van der Waals surface area contributed by atoms with Crippen molar-refractivity contribution in [2.45, 2.75) is 25.8 Å². The number of nitrogens with one attached hydrogen (secondary N) is 1. The molecule has 1 rings (SSSR count). The Labute approximate surface area is 97.8 Å². The van der Waals surface area contributed by atoms with E-state index in [9.17, 15) is 4.79 Å². The van der Waals surface area contributed by atoms with Crippen LogP contribution in [0.25, 0.3) is 0 Å². The van der Waals surface area contributed by atoms with Crippen LogP contribution in [0.2, 0.25) is 0 Å². The van der Waals surface area contributed by atoms with Crippen LogP contribution < -0.4 is 5.32 Å². The highest BCUT2D eigenvalue weighted by molar-refractivity contribution is 7.09. The third kappa shape index (κ3) is 3.14. The molecule has 1 atom stereocenters. The Kier molecular flexibility index (Phi) is 4.63. The van der Waals surface area contributed by atoms with Crippen LogP contribution in [0, 0.1) is 0 Å². The number of methoxy groups -OCH3 is 1. The fourth-order valence-electron chi connectivity index (χ4n) is 0.998. The second kappa shape index (κ2) is 5.76. The Hall–Kier alpha value is -1.21. The summed E-state index contributed by atoms with van der Waals surface area (Å²) in [5.41, 5.74) is 0. The van der Waals surface area contributed by atoms with Gasteiger partial charge < -0.3 is 15.2 Å². The second-order valence-electron chi connectivity index (χ2n) is 3.52. The van der Waals surface area contributed by atoms with Gasteiger partial charge in [-0.05, 0) is 0 Å². The average Bonchev–Trinajstić information content (AvgIpc) is 2.73. The van der Waals surface area contributed by atoms with Crippen molar-refractivity contribution in [3.8, 4) is 0 Å². The first kappa shape index (κ1) is 12.9. The van der Waals surface area contributed by atoms with Crippen LogP contribution in [-0.2, 0) is 9.53 Å². The van der Waals surface area contributed by atoms with E-state index < -0.39 is 12.0 Å². The number of carbonyl (C=O) groups is 1. The number of hydrogen-bond acceptors (Lipinski definition) is 7. The Balaban J connectivity index is 2.67. The van der Waals surface area contributed by atoms with Gasteiger partial charge in [0.1, 0.15) is 11.9 Å². The molecule has 0 fully saturated rings. The second-order valence-corrected chi connectivity index (χ2v) is 4.27. The van der Waals surface area contributed by atoms with E-state index in [0.717, 1.165) is 11.5 Å². The molecular weight excluding hydrogens is 230 g/mol. The number of rotatable bonds is 5. The van der Waals surface area contributed by atoms with Gasteiger partial charge in [0, 0.05) is 17.5 Å². The third-order valence-electron chi connectivity index (χ3n) is 1.92. The molecule has 0 saturated carbocycles. The first-order chi connectivity index (χ1) is 7.58. The summed E-state index contributed by atoms with van der Waals surface area (Å²) < 4.78 is 8.65. The molecule has 2 N–H and O–H groups in total. The molecule has 0 aromatic carbocycles. The fourth-order valence-corrected chi connectivity index (χ4v) is 1.76. The summed E-state index contributed by atoms with van der Waals surface area (Å²) in [5.74, 6) is 0.426. The van der Waals surface area contributed by atoms with Gasteiger partial charge >= 0.3 is 5.97 Å². The highest BCUT2D eigenvalue weighted by Crippen LogP contribution is 2.18. The van der Waals surface area contributed by atoms with E-state index in [2.05, 4.69) is 19.4 Å². The maximum Gasteiger partial charge on any atom is 0.330 e. The third-order valence-corrected chi connectivity index (χ3v) is 2.58. The number of aliphatic hydroxyl groups is 1. The molecule has 90 valence electrons. The summed E-state index contributed by atoms with van der Waals surface area (Å²) in [6, 6.07) is -0.794. The Bertz CT molecular complexity index is 354. The summed E-state index contributed by atoms with van der Waals surface area (Å²) >= 11 is 1.16. The van der Waals surface area contributed by atoms with E-state index in [-0.39, 0.29) is 12.5 Å². The van der Waals surface area contributed by atoms with Crippen molar-refractivity contribution in [2.75, 3.05) is 19.0 Å². The largest absolute Gasteiger partial charge is 0.467 e. The van der Waals surface area contributed by atoms with Gasteiger partial charge in [-0.15, -0.1) is 0 Å². The van der Waals surface area contributed by atoms with Gasteiger partial charge in [0.15, 0.2) is 0 Å². The number of esters is 1. The minimum absolute atomic E-state index is 0.234. The van der Waals surface area contributed by atoms with Crippen LogP contribution in [0.5, 0.6) is 0 Å². The van der Waals surface area contributed by atoms with Crippen LogP contribution in [0.3, 0.4) is 0 Å². The van der Waals surface area contributed by atoms with Crippen LogP contribution >= 0.6 is 11.5 Å². The number of anilines is 1. The molecule has 0 saturated heterocycles. The van der Waals surface area contributed by atoms with Crippen molar-refractivity contribution >= 4 is 22.6 Å². The Morgan fingerprint density at radius 3 is 2.75 bits per heavy atom. The summed E-state index contributed by atoms with van der Waals surface area (Å²) in [6.45, 7) is 3.62. The van der Waals surface area contributed by atoms with Crippen molar-refractivity contribution in [3.05, 3.63) is 5.82 Å². The predicted molar refractivity (Wildman–Crippen MR) is 60.5 cm³/mol. The minimum Gasteiger partial charge on any atom is -0.467 e. The number of ether oxygens (including phenoxy) is 1. The molecule has 0 aliphatic carbocycles. The standard InChI is InChI=1S/C9H15N3O3S/c1-5(2)7-11-9(16-12-7)10-6(4-13)8(14)15-3/h5-6,13H,4H2,1-3H3,(H,10,11,12). The molecule has 16 heavy (non-hydrogen) atoms. The van der Waals surface area contributed by atoms with E-state index in [1.54, 1.807) is 0 Å². The van der Waals surface area contributed by atoms with Crippen LogP contribution in [0.15, 0.2) is 0 Å². The molecule has 0 aliphatic rings. The van der Waals surface area contributed by atoms with Crippen molar-refractivity contribution in [2.24, 2.45) is 0 Å². The molecule has 0 radical (unpaired) electrons. The van der Waals surface area contributed by atoms with E-state index in [4.69, 9.17) is 5.11 Å². The van der Waals surface area contributed by atoms with Gasteiger partial charge in [0.05, 0.1) is 13.7 Å². The minimum atomic E-state index is -0.794. The molecule has 0 spiro atoms. The van der Waals surface area contributed by atoms with Crippen molar-refractivity contribution in [1.82, 2.24) is 9.36 Å². The molecule has 1 aromatic rings. The summed E-state index contributed by atoms with van der Waals surface area (Å²) in [6.07, 6.45) is 0. The molecule has 0 amide bonds. The van der Waals surface area contributed by atoms with E-state index in [1.807, 2.05) is 13.8 Å². The summed E-state index contributed by atoms with van der Waals surface area (Å²) in [7, 11) is 1.27. The van der Waals surface area contributed by atoms with Gasteiger partial charge in [0.2, 0.25) is 5.13 Å². The number of hydrogen-bond donors (Lipinski definition) is 2. The lowest BCUT2D eigenvalue weighted by Crippen LogP contribution is -2.34. The maximum absolute atomic E-state index is 11.2. The fraction of sp³-hybridized carbons (Fsp3) is 0.667. The lowest BCUT2D eigenvalue weighted by Gasteiger charge is -2.11. The van der Waals surface area contributed by atoms with E-state index in [0.29, 0.717) is 11.0 Å². The van der Waals surface area contributed by atoms with Crippen LogP contribution in [0.1, 0.15) is 25.6 Å². The van der Waals surface area contributed by atoms with E-state index >= 15 is 0 Å². The monoisotopic (exact) mass is 245 g/mol. The number of aromatic nitrogens is 2. The Morgan fingerprint density at radius 1 is 1.62 bits per heavy atom. The smallest absolute Gasteiger partial charge is 0.330 e. The predicted octanol–water partition coefficient (Wildman–Crippen LogP) is 0.607. The van der Waals surface area contributed by atoms with Gasteiger partial charge in [0.25, 0.3) is 0 Å². The molecular formula is C9H15N3O3S. The maximum atomic E-state index is 11.2. The SMILES string of the molecule is COC(=O)C(CO)Nc1nc(C(C)C)ns1. The van der Waals surface area contributed by atoms with Crippen molar-refractivity contribution < 1.29 is 14.6 Å². The zero-order valence-corrected chi connectivity index (χ0v) is 10.2. The topological polar surface area (TPSA) is 84.3 Å². The highest BCUT2D eigenvalue weighted by Gasteiger charge is 2.19. The highest BCUT2D eigenvalue weighted by atomic mass is 32.1. The first-order valence-electron chi connectivity index (χ1n) is 4.87. The number of nitrogens with zero attached hydrogens (tertiary/aromatic N) is 2. The van der Waals surface area contributed by atoms with E-state index in [1.165, 1.54) is 7.11 Å². The lowest BCUT2D eigenvalue weighted by molar-refractivity contribution is -0.142. The summed E-state index contributed by atoms with van der Waals surface area (Å²) in [5, 5.41) is 12.3. The molecule has 1 aromatic heterocycles. The zero-order valence-electron chi connectivity index (χ0n) is 9.43. The molecule has 1 unspecified atom stereocenters. The lowest BCUT2D eigenvalue weighted by atomic mass is 10.2. The quantitative estimate of drug-likeness (QED) is 0.739. The van der Waals surface area contributed by atoms with Gasteiger partial charge in [-0.2, -0.15) is 4.37 Å². The van der Waals surface area contributed by atoms with Crippen LogP contribution in [0.4, 0.5) is 5.13 Å². The van der Waals surface area contributed by atoms with Gasteiger partial charge in [-0.1, -0.05) is 13.8 Å². The molecule has 0 bridgehead atoms. The van der Waals surface area contributed by atoms with Gasteiger partial charge in [-0.25, -0.2) is 9.78 Å². The van der Waals surface area contributed by atoms with Gasteiger partial charge in [-0.3, -0.25) is 0 Å². The molecule has 0 aliphatic heterocycles. The molecule has 7 heteroatoms. The van der Waals surface area contributed by atoms with Crippen molar-refractivity contribution in [3.63, 3.8) is 0 Å². The normalized spacial score (nSPS) is 12.6. The average molecular weight is 245 g/mol. The van der Waals surface area contributed by atoms with Crippen LogP contribution in [-0.4, -0.2) is 40.2 Å².